The van der Waals surface area contributed by atoms with Crippen molar-refractivity contribution >= 4 is 12.6 Å². The summed E-state index contributed by atoms with van der Waals surface area (Å²) in [6.07, 6.45) is 8.49. The van der Waals surface area contributed by atoms with Gasteiger partial charge in [-0.25, -0.2) is 0 Å². The Kier molecular flexibility index (Phi) is 8.23. The molecule has 2 aliphatic rings. The van der Waals surface area contributed by atoms with E-state index in [-0.39, 0.29) is 6.41 Å². The van der Waals surface area contributed by atoms with E-state index in [1.807, 2.05) is 31.6 Å². The second kappa shape index (κ2) is 11.3. The lowest BCUT2D eigenvalue weighted by Gasteiger charge is -2.07. The molecule has 176 valence electrons. The molecule has 0 unspecified atom stereocenters. The maximum atomic E-state index is 8.58. The molecule has 3 heterocycles. The summed E-state index contributed by atoms with van der Waals surface area (Å²) in [5.74, 6) is 0.971. The molecule has 9 nitrogen and oxygen atoms in total. The van der Waals surface area contributed by atoms with Gasteiger partial charge in [-0.15, -0.1) is 0 Å². The Balaban J connectivity index is 0.000000262. The minimum Gasteiger partial charge on any atom is -0.487 e. The van der Waals surface area contributed by atoms with Gasteiger partial charge in [0.1, 0.15) is 12.4 Å². The minimum atomic E-state index is 0.250. The lowest BCUT2D eigenvalue weighted by Crippen LogP contribution is -2.15. The predicted octanol–water partition coefficient (Wildman–Crippen LogP) is 3.42. The Labute approximate surface area is 194 Å². The molecule has 5 rings (SSSR count). The molecular formula is C24H33N7O2. The summed E-state index contributed by atoms with van der Waals surface area (Å²) in [6.45, 7) is 9.37. The fourth-order valence-corrected chi connectivity index (χ4v) is 3.32. The van der Waals surface area contributed by atoms with Gasteiger partial charge in [-0.2, -0.15) is 15.3 Å². The predicted molar refractivity (Wildman–Crippen MR) is 129 cm³/mol. The van der Waals surface area contributed by atoms with Crippen molar-refractivity contribution in [3.05, 3.63) is 53.5 Å². The van der Waals surface area contributed by atoms with Crippen LogP contribution < -0.4 is 15.9 Å². The van der Waals surface area contributed by atoms with E-state index < -0.39 is 0 Å². The first-order valence-corrected chi connectivity index (χ1v) is 11.2. The molecule has 0 bridgehead atoms. The quantitative estimate of drug-likeness (QED) is 0.359. The Bertz CT molecular complexity index is 1080. The molecule has 1 amide bonds. The van der Waals surface area contributed by atoms with Crippen LogP contribution in [0.2, 0.25) is 0 Å². The second-order valence-electron chi connectivity index (χ2n) is 8.33. The van der Waals surface area contributed by atoms with Crippen LogP contribution in [0.3, 0.4) is 0 Å². The van der Waals surface area contributed by atoms with E-state index >= 15 is 0 Å². The van der Waals surface area contributed by atoms with Crippen LogP contribution >= 0.6 is 0 Å². The topological polar surface area (TPSA) is 112 Å². The van der Waals surface area contributed by atoms with Gasteiger partial charge >= 0.3 is 0 Å². The molecule has 1 aromatic carbocycles. The number of nitrogens with two attached hydrogens (primary N) is 1. The third-order valence-electron chi connectivity index (χ3n) is 5.06. The largest absolute Gasteiger partial charge is 0.487 e. The number of rotatable bonds is 4. The van der Waals surface area contributed by atoms with Gasteiger partial charge in [0.25, 0.3) is 0 Å². The highest BCUT2D eigenvalue weighted by Gasteiger charge is 2.25. The Morgan fingerprint density at radius 1 is 1.30 bits per heavy atom. The number of nitrogens with zero attached hydrogens (tertiary/aromatic N) is 5. The van der Waals surface area contributed by atoms with Crippen LogP contribution in [0.5, 0.6) is 5.75 Å². The third kappa shape index (κ3) is 6.68. The van der Waals surface area contributed by atoms with E-state index in [0.29, 0.717) is 18.7 Å². The highest BCUT2D eigenvalue weighted by molar-refractivity contribution is 5.57. The number of aryl methyl sites for hydroxylation is 1. The fourth-order valence-electron chi connectivity index (χ4n) is 3.32. The lowest BCUT2D eigenvalue weighted by atomic mass is 10.1. The average Bonchev–Trinajstić information content (AvgIpc) is 3.43. The van der Waals surface area contributed by atoms with Gasteiger partial charge in [-0.05, 0) is 58.2 Å². The molecule has 3 aromatic rings. The Morgan fingerprint density at radius 3 is 2.70 bits per heavy atom. The summed E-state index contributed by atoms with van der Waals surface area (Å²) in [5, 5.41) is 13.0. The van der Waals surface area contributed by atoms with Crippen molar-refractivity contribution in [3.63, 3.8) is 0 Å². The normalized spacial score (nSPS) is 14.1. The molecular weight excluding hydrogens is 418 g/mol. The van der Waals surface area contributed by atoms with E-state index in [9.17, 15) is 0 Å². The Morgan fingerprint density at radius 2 is 2.06 bits per heavy atom. The molecule has 1 fully saturated rings. The average molecular weight is 452 g/mol. The van der Waals surface area contributed by atoms with Crippen molar-refractivity contribution in [2.75, 3.05) is 0 Å². The number of aromatic nitrogens is 4. The van der Waals surface area contributed by atoms with Crippen molar-refractivity contribution in [1.82, 2.24) is 25.0 Å². The summed E-state index contributed by atoms with van der Waals surface area (Å²) in [4.78, 5) is 8.58. The lowest BCUT2D eigenvalue weighted by molar-refractivity contribution is -0.106. The van der Waals surface area contributed by atoms with Crippen LogP contribution in [0.25, 0.3) is 11.3 Å². The Hall–Kier alpha value is -3.62. The van der Waals surface area contributed by atoms with Gasteiger partial charge in [-0.3, -0.25) is 14.2 Å². The number of hydrogen-bond donors (Lipinski definition) is 2. The van der Waals surface area contributed by atoms with Gasteiger partial charge in [-0.1, -0.05) is 12.1 Å². The molecule has 1 aliphatic carbocycles. The molecule has 3 N–H and O–H groups in total. The van der Waals surface area contributed by atoms with E-state index in [2.05, 4.69) is 63.4 Å². The molecule has 0 spiro atoms. The van der Waals surface area contributed by atoms with E-state index in [4.69, 9.17) is 14.6 Å². The first-order chi connectivity index (χ1) is 15.9. The van der Waals surface area contributed by atoms with Crippen molar-refractivity contribution in [2.24, 2.45) is 10.8 Å². The molecule has 1 aliphatic heterocycles. The van der Waals surface area contributed by atoms with Crippen LogP contribution in [0, 0.1) is 6.92 Å². The van der Waals surface area contributed by atoms with Gasteiger partial charge in [0.15, 0.2) is 0 Å². The number of primary amides is 1. The van der Waals surface area contributed by atoms with Gasteiger partial charge in [0.05, 0.1) is 30.2 Å². The molecule has 2 aromatic heterocycles. The third-order valence-corrected chi connectivity index (χ3v) is 5.06. The summed E-state index contributed by atoms with van der Waals surface area (Å²) < 4.78 is 10.1. The van der Waals surface area contributed by atoms with Gasteiger partial charge in [0.2, 0.25) is 6.41 Å². The number of hydrogen-bond acceptors (Lipinski definition) is 6. The molecule has 0 atom stereocenters. The van der Waals surface area contributed by atoms with E-state index in [1.165, 1.54) is 24.0 Å². The maximum absolute atomic E-state index is 8.58. The van der Waals surface area contributed by atoms with Gasteiger partial charge in [0, 0.05) is 29.6 Å². The van der Waals surface area contributed by atoms with Crippen LogP contribution in [0.4, 0.5) is 0 Å². The minimum absolute atomic E-state index is 0.250. The molecule has 0 radical (unpaired) electrons. The van der Waals surface area contributed by atoms with Crippen molar-refractivity contribution in [2.45, 2.75) is 65.8 Å². The van der Waals surface area contributed by atoms with Gasteiger partial charge < -0.3 is 15.9 Å². The molecule has 1 saturated carbocycles. The SMILES string of the molecule is C/C=N\NC(C)C.Cc1ccc2c(c1)OCc1cc(-c3cnn(C4CC4)c3)nn1C2.NC=O. The highest BCUT2D eigenvalue weighted by atomic mass is 16.5. The van der Waals surface area contributed by atoms with E-state index in [1.54, 1.807) is 6.21 Å². The number of hydrazone groups is 1. The summed E-state index contributed by atoms with van der Waals surface area (Å²) in [7, 11) is 0. The van der Waals surface area contributed by atoms with Crippen molar-refractivity contribution in [3.8, 4) is 17.0 Å². The first kappa shape index (κ1) is 24.0. The smallest absolute Gasteiger partial charge is 0.204 e. The highest BCUT2D eigenvalue weighted by Crippen LogP contribution is 2.35. The number of carbonyl (C=O) groups is 1. The number of benzene rings is 1. The summed E-state index contributed by atoms with van der Waals surface area (Å²) in [5.41, 5.74) is 12.6. The standard InChI is InChI=1S/C18H18N4O.C5H12N2.CH3NO/c1-12-2-3-13-9-22-16(11-23-18(13)6-12)7-17(20-22)14-8-19-21(10-14)15-4-5-15;1-4-6-7-5(2)3;2-1-3/h2-3,6-8,10,15H,4-5,9,11H2,1H3;4-5,7H,1-3H3;1H,(H2,2,3)/b;6-4-;. The maximum Gasteiger partial charge on any atom is 0.204 e. The number of carbonyl (C=O) groups excluding carboxylic acids is 1. The molecule has 0 saturated heterocycles. The summed E-state index contributed by atoms with van der Waals surface area (Å²) >= 11 is 0. The molecule has 9 heteroatoms. The monoisotopic (exact) mass is 451 g/mol. The van der Waals surface area contributed by atoms with Crippen molar-refractivity contribution in [1.29, 1.82) is 0 Å². The van der Waals surface area contributed by atoms with Crippen LogP contribution in [-0.4, -0.2) is 38.2 Å². The number of ether oxygens (including phenoxy) is 1. The van der Waals surface area contributed by atoms with Crippen LogP contribution in [-0.2, 0) is 17.9 Å². The number of fused-ring (bicyclic) bond motifs is 2. The van der Waals surface area contributed by atoms with Crippen LogP contribution in [0.15, 0.2) is 41.8 Å². The first-order valence-electron chi connectivity index (χ1n) is 11.2. The zero-order valence-corrected chi connectivity index (χ0v) is 19.7. The number of nitrogens with one attached hydrogen (secondary N) is 1. The number of amides is 1. The second-order valence-corrected chi connectivity index (χ2v) is 8.33. The summed E-state index contributed by atoms with van der Waals surface area (Å²) in [6, 6.07) is 9.53. The van der Waals surface area contributed by atoms with Crippen LogP contribution in [0.1, 0.15) is 56.5 Å². The van der Waals surface area contributed by atoms with Crippen molar-refractivity contribution < 1.29 is 9.53 Å². The molecule has 33 heavy (non-hydrogen) atoms. The zero-order chi connectivity index (χ0) is 23.8. The van der Waals surface area contributed by atoms with E-state index in [0.717, 1.165) is 29.2 Å². The fraction of sp³-hybridized carbons (Fsp3) is 0.417. The zero-order valence-electron chi connectivity index (χ0n) is 19.7.